The standard InChI is InChI=1S/C27H40OTe/c1-17-13-18(2)23(19(3)14-17)29(28)24-21(26(7,8)9)15-20(25(4,5)6)16-22(24)27(10,11)12/h13-16H,1-12H3. The van der Waals surface area contributed by atoms with Gasteiger partial charge in [-0.1, -0.05) is 0 Å². The second-order valence-electron chi connectivity index (χ2n) is 11.6. The van der Waals surface area contributed by atoms with Crippen molar-refractivity contribution in [3.05, 3.63) is 57.6 Å². The van der Waals surface area contributed by atoms with Crippen LogP contribution in [-0.4, -0.2) is 19.5 Å². The SMILES string of the molecule is Cc1cc(C)c([Te](=O)c2c(C(C)(C)C)cc(C(C)(C)C)cc2C(C)(C)C)c(C)c1. The summed E-state index contributed by atoms with van der Waals surface area (Å²) in [6, 6.07) is 9.06. The molecule has 0 aromatic heterocycles. The zero-order valence-corrected chi connectivity index (χ0v) is 23.0. The van der Waals surface area contributed by atoms with Gasteiger partial charge in [0, 0.05) is 0 Å². The van der Waals surface area contributed by atoms with Crippen LogP contribution in [0.15, 0.2) is 24.3 Å². The molecule has 0 radical (unpaired) electrons. The van der Waals surface area contributed by atoms with E-state index < -0.39 is 19.5 Å². The van der Waals surface area contributed by atoms with Crippen molar-refractivity contribution in [1.29, 1.82) is 0 Å². The molecule has 0 saturated carbocycles. The van der Waals surface area contributed by atoms with Gasteiger partial charge in [0.25, 0.3) is 0 Å². The van der Waals surface area contributed by atoms with E-state index in [0.717, 1.165) is 7.22 Å². The normalized spacial score (nSPS) is 13.3. The molecule has 0 aliphatic heterocycles. The molecule has 0 heterocycles. The third-order valence-corrected chi connectivity index (χ3v) is 10.8. The quantitative estimate of drug-likeness (QED) is 0.453. The van der Waals surface area contributed by atoms with Crippen LogP contribution < -0.4 is 7.22 Å². The number of hydrogen-bond acceptors (Lipinski definition) is 1. The van der Waals surface area contributed by atoms with E-state index in [1.54, 1.807) is 0 Å². The zero-order chi connectivity index (χ0) is 22.5. The summed E-state index contributed by atoms with van der Waals surface area (Å²) in [6.07, 6.45) is 0. The van der Waals surface area contributed by atoms with E-state index in [-0.39, 0.29) is 16.2 Å². The molecule has 29 heavy (non-hydrogen) atoms. The number of rotatable bonds is 2. The molecule has 0 aliphatic rings. The predicted molar refractivity (Wildman–Crippen MR) is 129 cm³/mol. The van der Waals surface area contributed by atoms with Gasteiger partial charge in [0.15, 0.2) is 0 Å². The van der Waals surface area contributed by atoms with Gasteiger partial charge in [0.2, 0.25) is 0 Å². The number of aryl methyl sites for hydroxylation is 3. The average molecular weight is 508 g/mol. The van der Waals surface area contributed by atoms with E-state index in [2.05, 4.69) is 107 Å². The predicted octanol–water partition coefficient (Wildman–Crippen LogP) is 6.04. The molecule has 0 bridgehead atoms. The minimum absolute atomic E-state index is 0.0532. The monoisotopic (exact) mass is 510 g/mol. The third-order valence-electron chi connectivity index (χ3n) is 5.55. The van der Waals surface area contributed by atoms with Crippen molar-refractivity contribution in [2.75, 3.05) is 0 Å². The summed E-state index contributed by atoms with van der Waals surface area (Å²) in [7, 11) is 0. The molecule has 0 aliphatic carbocycles. The summed E-state index contributed by atoms with van der Waals surface area (Å²) in [5, 5.41) is 0. The van der Waals surface area contributed by atoms with Gasteiger partial charge < -0.3 is 0 Å². The zero-order valence-electron chi connectivity index (χ0n) is 20.6. The van der Waals surface area contributed by atoms with Gasteiger partial charge in [0.1, 0.15) is 0 Å². The summed E-state index contributed by atoms with van der Waals surface area (Å²) >= 11 is -3.01. The van der Waals surface area contributed by atoms with Crippen molar-refractivity contribution in [2.24, 2.45) is 0 Å². The first-order valence-corrected chi connectivity index (χ1v) is 13.9. The molecular formula is C27H40OTe. The van der Waals surface area contributed by atoms with E-state index in [9.17, 15) is 3.10 Å². The summed E-state index contributed by atoms with van der Waals surface area (Å²) < 4.78 is 16.6. The van der Waals surface area contributed by atoms with Gasteiger partial charge in [-0.05, 0) is 0 Å². The maximum atomic E-state index is 14.3. The Kier molecular flexibility index (Phi) is 6.65. The molecule has 0 unspecified atom stereocenters. The summed E-state index contributed by atoms with van der Waals surface area (Å²) in [6.45, 7) is 26.7. The van der Waals surface area contributed by atoms with Crippen LogP contribution in [-0.2, 0) is 19.3 Å². The number of benzene rings is 2. The molecule has 2 heteroatoms. The van der Waals surface area contributed by atoms with Gasteiger partial charge in [-0.3, -0.25) is 0 Å². The molecule has 2 rings (SSSR count). The molecule has 2 aromatic rings. The van der Waals surface area contributed by atoms with Crippen molar-refractivity contribution in [3.63, 3.8) is 0 Å². The molecule has 0 fully saturated rings. The summed E-state index contributed by atoms with van der Waals surface area (Å²) in [5.74, 6) is 0. The Labute approximate surface area is 186 Å². The Hall–Kier alpha value is -0.970. The molecule has 0 saturated heterocycles. The summed E-state index contributed by atoms with van der Waals surface area (Å²) in [4.78, 5) is 0. The van der Waals surface area contributed by atoms with Crippen LogP contribution >= 0.6 is 0 Å². The topological polar surface area (TPSA) is 17.1 Å². The fraction of sp³-hybridized carbons (Fsp3) is 0.556. The molecule has 0 N–H and O–H groups in total. The van der Waals surface area contributed by atoms with Crippen LogP contribution in [0.2, 0.25) is 0 Å². The van der Waals surface area contributed by atoms with Gasteiger partial charge in [-0.15, -0.1) is 0 Å². The number of hydrogen-bond donors (Lipinski definition) is 0. The molecule has 0 atom stereocenters. The van der Waals surface area contributed by atoms with Crippen molar-refractivity contribution in [2.45, 2.75) is 99.3 Å². The van der Waals surface area contributed by atoms with Crippen LogP contribution in [0.1, 0.15) is 95.7 Å². The van der Waals surface area contributed by atoms with Gasteiger partial charge >= 0.3 is 187 Å². The molecule has 2 aromatic carbocycles. The second kappa shape index (κ2) is 7.94. The van der Waals surface area contributed by atoms with Gasteiger partial charge in [-0.2, -0.15) is 0 Å². The fourth-order valence-electron chi connectivity index (χ4n) is 3.94. The molecular weight excluding hydrogens is 468 g/mol. The van der Waals surface area contributed by atoms with Crippen LogP contribution in [0.5, 0.6) is 0 Å². The van der Waals surface area contributed by atoms with Gasteiger partial charge in [-0.25, -0.2) is 0 Å². The maximum absolute atomic E-state index is 14.3. The molecule has 160 valence electrons. The third kappa shape index (κ3) is 5.21. The van der Waals surface area contributed by atoms with Crippen LogP contribution in [0, 0.1) is 20.8 Å². The minimum atomic E-state index is -3.01. The fourth-order valence-corrected chi connectivity index (χ4v) is 9.75. The Bertz CT molecular complexity index is 886. The Morgan fingerprint density at radius 3 is 1.28 bits per heavy atom. The molecule has 0 amide bonds. The average Bonchev–Trinajstić information content (AvgIpc) is 2.49. The van der Waals surface area contributed by atoms with E-state index in [0.29, 0.717) is 0 Å². The first-order valence-electron chi connectivity index (χ1n) is 10.6. The first-order chi connectivity index (χ1) is 12.9. The van der Waals surface area contributed by atoms with Gasteiger partial charge in [0.05, 0.1) is 0 Å². The van der Waals surface area contributed by atoms with Crippen molar-refractivity contribution >= 4 is 26.8 Å². The van der Waals surface area contributed by atoms with E-state index in [4.69, 9.17) is 0 Å². The van der Waals surface area contributed by atoms with Crippen molar-refractivity contribution < 1.29 is 3.10 Å². The molecule has 1 nitrogen and oxygen atoms in total. The van der Waals surface area contributed by atoms with Crippen molar-refractivity contribution in [3.8, 4) is 0 Å². The Morgan fingerprint density at radius 1 is 0.586 bits per heavy atom. The van der Waals surface area contributed by atoms with E-state index in [1.165, 1.54) is 33.4 Å². The van der Waals surface area contributed by atoms with Crippen LogP contribution in [0.3, 0.4) is 0 Å². The van der Waals surface area contributed by atoms with Crippen LogP contribution in [0.4, 0.5) is 0 Å². The molecule has 0 spiro atoms. The van der Waals surface area contributed by atoms with Crippen LogP contribution in [0.25, 0.3) is 0 Å². The first kappa shape index (κ1) is 24.3. The van der Waals surface area contributed by atoms with E-state index in [1.807, 2.05) is 0 Å². The second-order valence-corrected chi connectivity index (χ2v) is 15.5. The Morgan fingerprint density at radius 2 is 0.966 bits per heavy atom. The van der Waals surface area contributed by atoms with Crippen molar-refractivity contribution in [1.82, 2.24) is 0 Å². The van der Waals surface area contributed by atoms with E-state index >= 15 is 0 Å². The Balaban J connectivity index is 2.98. The summed E-state index contributed by atoms with van der Waals surface area (Å²) in [5.41, 5.74) is 7.38.